The molecular formula is C9H17N3O2S. The lowest BCUT2D eigenvalue weighted by Crippen LogP contribution is -2.28. The van der Waals surface area contributed by atoms with Crippen LogP contribution in [0.5, 0.6) is 0 Å². The minimum absolute atomic E-state index is 0.215. The first-order valence-electron chi connectivity index (χ1n) is 5.08. The smallest absolute Gasteiger partial charge is 0.211 e. The summed E-state index contributed by atoms with van der Waals surface area (Å²) in [5, 5.41) is 0. The number of hydrogen-bond donors (Lipinski definition) is 2. The van der Waals surface area contributed by atoms with Crippen LogP contribution in [-0.4, -0.2) is 30.7 Å². The molecule has 0 fully saturated rings. The zero-order valence-corrected chi connectivity index (χ0v) is 9.68. The maximum Gasteiger partial charge on any atom is 0.211 e. The van der Waals surface area contributed by atoms with Gasteiger partial charge in [0, 0.05) is 24.9 Å². The van der Waals surface area contributed by atoms with Gasteiger partial charge in [0.15, 0.2) is 0 Å². The third-order valence-electron chi connectivity index (χ3n) is 2.04. The lowest BCUT2D eigenvalue weighted by molar-refractivity contribution is 0.578. The fourth-order valence-electron chi connectivity index (χ4n) is 1.17. The quantitative estimate of drug-likeness (QED) is 0.724. The Morgan fingerprint density at radius 1 is 1.53 bits per heavy atom. The molecule has 1 rings (SSSR count). The van der Waals surface area contributed by atoms with Gasteiger partial charge >= 0.3 is 0 Å². The number of aromatic nitrogens is 2. The third-order valence-corrected chi connectivity index (χ3v) is 3.51. The van der Waals surface area contributed by atoms with Crippen LogP contribution >= 0.6 is 0 Å². The third kappa shape index (κ3) is 4.94. The van der Waals surface area contributed by atoms with Crippen molar-refractivity contribution in [1.82, 2.24) is 14.7 Å². The number of nitrogens with one attached hydrogen (secondary N) is 2. The zero-order valence-electron chi connectivity index (χ0n) is 8.86. The predicted octanol–water partition coefficient (Wildman–Crippen LogP) is 0.672. The van der Waals surface area contributed by atoms with Crippen LogP contribution in [0, 0.1) is 0 Å². The van der Waals surface area contributed by atoms with Crippen LogP contribution in [-0.2, 0) is 16.4 Å². The topological polar surface area (TPSA) is 74.8 Å². The SMILES string of the molecule is CCCCS(=O)(=O)NCCc1cnc[nH]1. The van der Waals surface area contributed by atoms with Gasteiger partial charge in [-0.05, 0) is 6.42 Å². The second-order valence-electron chi connectivity index (χ2n) is 3.39. The number of unbranched alkanes of at least 4 members (excludes halogenated alkanes) is 1. The maximum absolute atomic E-state index is 11.4. The molecule has 6 heteroatoms. The predicted molar refractivity (Wildman–Crippen MR) is 59.0 cm³/mol. The molecule has 2 N–H and O–H groups in total. The number of H-pyrrole nitrogens is 1. The van der Waals surface area contributed by atoms with Crippen LogP contribution in [0.2, 0.25) is 0 Å². The summed E-state index contributed by atoms with van der Waals surface area (Å²) in [6.07, 6.45) is 5.52. The van der Waals surface area contributed by atoms with Crippen molar-refractivity contribution in [3.05, 3.63) is 18.2 Å². The highest BCUT2D eigenvalue weighted by molar-refractivity contribution is 7.89. The van der Waals surface area contributed by atoms with Crippen molar-refractivity contribution in [2.75, 3.05) is 12.3 Å². The molecule has 1 aromatic rings. The molecule has 5 nitrogen and oxygen atoms in total. The second kappa shape index (κ2) is 5.87. The standard InChI is InChI=1S/C9H17N3O2S/c1-2-3-6-15(13,14)12-5-4-9-7-10-8-11-9/h7-8,12H,2-6H2,1H3,(H,10,11). The zero-order chi connectivity index (χ0) is 11.1. The second-order valence-corrected chi connectivity index (χ2v) is 5.32. The molecule has 0 spiro atoms. The Kier molecular flexibility index (Phi) is 4.77. The van der Waals surface area contributed by atoms with Crippen molar-refractivity contribution in [3.8, 4) is 0 Å². The Morgan fingerprint density at radius 3 is 2.93 bits per heavy atom. The summed E-state index contributed by atoms with van der Waals surface area (Å²) in [6, 6.07) is 0. The first-order valence-corrected chi connectivity index (χ1v) is 6.74. The first-order chi connectivity index (χ1) is 7.14. The highest BCUT2D eigenvalue weighted by Gasteiger charge is 2.08. The van der Waals surface area contributed by atoms with E-state index in [1.165, 1.54) is 0 Å². The normalized spacial score (nSPS) is 11.8. The molecule has 0 amide bonds. The molecule has 0 aliphatic heterocycles. The van der Waals surface area contributed by atoms with Crippen molar-refractivity contribution in [3.63, 3.8) is 0 Å². The van der Waals surface area contributed by atoms with Crippen LogP contribution in [0.1, 0.15) is 25.5 Å². The number of imidazole rings is 1. The highest BCUT2D eigenvalue weighted by Crippen LogP contribution is 1.95. The summed E-state index contributed by atoms with van der Waals surface area (Å²) in [5.74, 6) is 0.215. The van der Waals surface area contributed by atoms with Gasteiger partial charge in [-0.1, -0.05) is 13.3 Å². The molecule has 86 valence electrons. The fourth-order valence-corrected chi connectivity index (χ4v) is 2.40. The van der Waals surface area contributed by atoms with Crippen LogP contribution in [0.25, 0.3) is 0 Å². The van der Waals surface area contributed by atoms with Crippen LogP contribution in [0.4, 0.5) is 0 Å². The van der Waals surface area contributed by atoms with E-state index < -0.39 is 10.0 Å². The van der Waals surface area contributed by atoms with Gasteiger partial charge in [0.25, 0.3) is 0 Å². The largest absolute Gasteiger partial charge is 0.348 e. The fraction of sp³-hybridized carbons (Fsp3) is 0.667. The molecule has 0 bridgehead atoms. The van der Waals surface area contributed by atoms with E-state index in [1.807, 2.05) is 6.92 Å². The van der Waals surface area contributed by atoms with E-state index in [2.05, 4.69) is 14.7 Å². The summed E-state index contributed by atoms with van der Waals surface area (Å²) >= 11 is 0. The van der Waals surface area contributed by atoms with Crippen LogP contribution in [0.15, 0.2) is 12.5 Å². The van der Waals surface area contributed by atoms with Gasteiger partial charge in [-0.15, -0.1) is 0 Å². The summed E-state index contributed by atoms with van der Waals surface area (Å²) in [6.45, 7) is 2.40. The van der Waals surface area contributed by atoms with Crippen molar-refractivity contribution in [2.24, 2.45) is 0 Å². The molecule has 0 aliphatic carbocycles. The lowest BCUT2D eigenvalue weighted by atomic mass is 10.3. The molecular weight excluding hydrogens is 214 g/mol. The van der Waals surface area contributed by atoms with Gasteiger partial charge in [0.1, 0.15) is 0 Å². The molecule has 1 heterocycles. The maximum atomic E-state index is 11.4. The van der Waals surface area contributed by atoms with E-state index in [-0.39, 0.29) is 5.75 Å². The van der Waals surface area contributed by atoms with Gasteiger partial charge in [0.05, 0.1) is 12.1 Å². The average Bonchev–Trinajstić information content (AvgIpc) is 2.67. The summed E-state index contributed by atoms with van der Waals surface area (Å²) < 4.78 is 25.3. The van der Waals surface area contributed by atoms with Crippen LogP contribution in [0.3, 0.4) is 0 Å². The Balaban J connectivity index is 2.24. The molecule has 0 saturated heterocycles. The van der Waals surface area contributed by atoms with Gasteiger partial charge in [-0.3, -0.25) is 0 Å². The molecule has 0 radical (unpaired) electrons. The van der Waals surface area contributed by atoms with E-state index in [0.29, 0.717) is 19.4 Å². The van der Waals surface area contributed by atoms with Gasteiger partial charge in [-0.2, -0.15) is 0 Å². The molecule has 1 aromatic heterocycles. The Hall–Kier alpha value is -0.880. The van der Waals surface area contributed by atoms with Crippen molar-refractivity contribution in [2.45, 2.75) is 26.2 Å². The summed E-state index contributed by atoms with van der Waals surface area (Å²) in [7, 11) is -3.08. The molecule has 0 unspecified atom stereocenters. The highest BCUT2D eigenvalue weighted by atomic mass is 32.2. The van der Waals surface area contributed by atoms with E-state index >= 15 is 0 Å². The molecule has 0 aliphatic rings. The Labute approximate surface area is 90.4 Å². The number of sulfonamides is 1. The molecule has 0 saturated carbocycles. The van der Waals surface area contributed by atoms with E-state index in [1.54, 1.807) is 12.5 Å². The van der Waals surface area contributed by atoms with E-state index in [0.717, 1.165) is 12.1 Å². The summed E-state index contributed by atoms with van der Waals surface area (Å²) in [5.41, 5.74) is 0.938. The van der Waals surface area contributed by atoms with Crippen molar-refractivity contribution < 1.29 is 8.42 Å². The number of rotatable bonds is 7. The van der Waals surface area contributed by atoms with E-state index in [4.69, 9.17) is 0 Å². The van der Waals surface area contributed by atoms with Gasteiger partial charge in [0.2, 0.25) is 10.0 Å². The average molecular weight is 231 g/mol. The van der Waals surface area contributed by atoms with Crippen molar-refractivity contribution in [1.29, 1.82) is 0 Å². The minimum atomic E-state index is -3.08. The Bertz CT molecular complexity index is 359. The number of nitrogens with zero attached hydrogens (tertiary/aromatic N) is 1. The molecule has 0 atom stereocenters. The monoisotopic (exact) mass is 231 g/mol. The lowest BCUT2D eigenvalue weighted by Gasteiger charge is -2.04. The Morgan fingerprint density at radius 2 is 2.33 bits per heavy atom. The van der Waals surface area contributed by atoms with Gasteiger partial charge < -0.3 is 4.98 Å². The molecule has 0 aromatic carbocycles. The van der Waals surface area contributed by atoms with Crippen molar-refractivity contribution >= 4 is 10.0 Å². The van der Waals surface area contributed by atoms with Crippen LogP contribution < -0.4 is 4.72 Å². The number of aromatic amines is 1. The van der Waals surface area contributed by atoms with E-state index in [9.17, 15) is 8.42 Å². The van der Waals surface area contributed by atoms with Gasteiger partial charge in [-0.25, -0.2) is 18.1 Å². The molecule has 15 heavy (non-hydrogen) atoms. The first kappa shape index (κ1) is 12.2. The number of hydrogen-bond acceptors (Lipinski definition) is 3. The minimum Gasteiger partial charge on any atom is -0.348 e. The summed E-state index contributed by atoms with van der Waals surface area (Å²) in [4.78, 5) is 6.77.